The summed E-state index contributed by atoms with van der Waals surface area (Å²) in [6.45, 7) is 8.32. The number of rotatable bonds is 4. The molecular formula is C12H19BrN2OS. The van der Waals surface area contributed by atoms with Gasteiger partial charge in [-0.05, 0) is 28.1 Å². The van der Waals surface area contributed by atoms with E-state index in [1.165, 1.54) is 0 Å². The van der Waals surface area contributed by atoms with Gasteiger partial charge in [0.05, 0.1) is 11.4 Å². The maximum atomic E-state index is 11.8. The first-order valence-electron chi connectivity index (χ1n) is 5.73. The Balaban J connectivity index is 3.03. The van der Waals surface area contributed by atoms with E-state index in [1.54, 1.807) is 11.8 Å². The lowest BCUT2D eigenvalue weighted by molar-refractivity contribution is 0.558. The molecule has 0 amide bonds. The Bertz CT molecular complexity index is 437. The molecule has 17 heavy (non-hydrogen) atoms. The summed E-state index contributed by atoms with van der Waals surface area (Å²) in [6, 6.07) is 0. The van der Waals surface area contributed by atoms with Crippen LogP contribution in [0.1, 0.15) is 45.6 Å². The molecule has 3 nitrogen and oxygen atoms in total. The molecule has 1 heterocycles. The standard InChI is InChI=1S/C12H19BrN2OS/c1-5-6-17-7-8-14-10(12(2,3)4)9(13)11(16)15-8/h5-7H2,1-4H3,(H,14,15,16). The Morgan fingerprint density at radius 3 is 2.59 bits per heavy atom. The van der Waals surface area contributed by atoms with E-state index in [2.05, 4.69) is 53.6 Å². The lowest BCUT2D eigenvalue weighted by atomic mass is 9.92. The zero-order valence-electron chi connectivity index (χ0n) is 10.8. The van der Waals surface area contributed by atoms with Gasteiger partial charge in [-0.15, -0.1) is 0 Å². The van der Waals surface area contributed by atoms with Crippen LogP contribution in [-0.4, -0.2) is 15.7 Å². The highest BCUT2D eigenvalue weighted by Crippen LogP contribution is 2.25. The molecule has 1 N–H and O–H groups in total. The Morgan fingerprint density at radius 1 is 1.41 bits per heavy atom. The number of aromatic nitrogens is 2. The summed E-state index contributed by atoms with van der Waals surface area (Å²) in [7, 11) is 0. The molecule has 0 atom stereocenters. The maximum absolute atomic E-state index is 11.8. The van der Waals surface area contributed by atoms with E-state index in [1.807, 2.05) is 0 Å². The second-order valence-electron chi connectivity index (χ2n) is 4.98. The number of hydrogen-bond donors (Lipinski definition) is 1. The third-order valence-electron chi connectivity index (χ3n) is 2.21. The summed E-state index contributed by atoms with van der Waals surface area (Å²) in [5, 5.41) is 0. The molecule has 0 aliphatic heterocycles. The minimum atomic E-state index is -0.128. The van der Waals surface area contributed by atoms with Crippen LogP contribution in [0.2, 0.25) is 0 Å². The van der Waals surface area contributed by atoms with Gasteiger partial charge in [0.15, 0.2) is 0 Å². The quantitative estimate of drug-likeness (QED) is 0.864. The van der Waals surface area contributed by atoms with Crippen LogP contribution in [0.5, 0.6) is 0 Å². The van der Waals surface area contributed by atoms with Gasteiger partial charge in [-0.1, -0.05) is 27.7 Å². The predicted molar refractivity (Wildman–Crippen MR) is 77.7 cm³/mol. The molecule has 96 valence electrons. The molecule has 1 aromatic rings. The Hall–Kier alpha value is -0.290. The number of nitrogens with zero attached hydrogens (tertiary/aromatic N) is 1. The van der Waals surface area contributed by atoms with E-state index in [-0.39, 0.29) is 11.0 Å². The number of aromatic amines is 1. The summed E-state index contributed by atoms with van der Waals surface area (Å²) in [5.41, 5.74) is 0.613. The van der Waals surface area contributed by atoms with Crippen LogP contribution in [0.15, 0.2) is 9.27 Å². The van der Waals surface area contributed by atoms with E-state index in [9.17, 15) is 4.79 Å². The second kappa shape index (κ2) is 6.05. The third-order valence-corrected chi connectivity index (χ3v) is 4.12. The van der Waals surface area contributed by atoms with Crippen molar-refractivity contribution in [3.8, 4) is 0 Å². The van der Waals surface area contributed by atoms with Gasteiger partial charge in [0.1, 0.15) is 10.3 Å². The summed E-state index contributed by atoms with van der Waals surface area (Å²) in [4.78, 5) is 19.2. The van der Waals surface area contributed by atoms with Crippen LogP contribution < -0.4 is 5.56 Å². The summed E-state index contributed by atoms with van der Waals surface area (Å²) >= 11 is 5.11. The molecule has 0 unspecified atom stereocenters. The Kier molecular flexibility index (Phi) is 5.25. The minimum Gasteiger partial charge on any atom is -0.309 e. The number of hydrogen-bond acceptors (Lipinski definition) is 3. The van der Waals surface area contributed by atoms with E-state index < -0.39 is 0 Å². The van der Waals surface area contributed by atoms with Crippen molar-refractivity contribution in [1.82, 2.24) is 9.97 Å². The average Bonchev–Trinajstić information content (AvgIpc) is 2.21. The number of halogens is 1. The maximum Gasteiger partial charge on any atom is 0.265 e. The fourth-order valence-electron chi connectivity index (χ4n) is 1.38. The van der Waals surface area contributed by atoms with Crippen molar-refractivity contribution >= 4 is 27.7 Å². The zero-order chi connectivity index (χ0) is 13.1. The van der Waals surface area contributed by atoms with Gasteiger partial charge in [-0.25, -0.2) is 4.98 Å². The highest BCUT2D eigenvalue weighted by atomic mass is 79.9. The van der Waals surface area contributed by atoms with Gasteiger partial charge in [-0.2, -0.15) is 11.8 Å². The normalized spacial score (nSPS) is 11.8. The van der Waals surface area contributed by atoms with Crippen LogP contribution in [0.3, 0.4) is 0 Å². The van der Waals surface area contributed by atoms with Crippen molar-refractivity contribution in [2.45, 2.75) is 45.3 Å². The smallest absolute Gasteiger partial charge is 0.265 e. The van der Waals surface area contributed by atoms with Crippen molar-refractivity contribution in [2.75, 3.05) is 5.75 Å². The van der Waals surface area contributed by atoms with Crippen LogP contribution in [0.4, 0.5) is 0 Å². The van der Waals surface area contributed by atoms with E-state index in [0.717, 1.165) is 29.4 Å². The first-order chi connectivity index (χ1) is 7.86. The highest BCUT2D eigenvalue weighted by molar-refractivity contribution is 9.10. The molecule has 0 aromatic carbocycles. The van der Waals surface area contributed by atoms with Gasteiger partial charge >= 0.3 is 0 Å². The molecule has 0 aliphatic carbocycles. The number of nitrogens with one attached hydrogen (secondary N) is 1. The molecule has 0 radical (unpaired) electrons. The number of thioether (sulfide) groups is 1. The Morgan fingerprint density at radius 2 is 2.06 bits per heavy atom. The molecule has 0 saturated heterocycles. The van der Waals surface area contributed by atoms with Gasteiger partial charge in [0.2, 0.25) is 0 Å². The van der Waals surface area contributed by atoms with Crippen molar-refractivity contribution in [2.24, 2.45) is 0 Å². The molecular weight excluding hydrogens is 300 g/mol. The Labute approximate surface area is 115 Å². The molecule has 0 saturated carbocycles. The average molecular weight is 319 g/mol. The fourth-order valence-corrected chi connectivity index (χ4v) is 2.93. The van der Waals surface area contributed by atoms with Crippen LogP contribution >= 0.6 is 27.7 Å². The lowest BCUT2D eigenvalue weighted by Gasteiger charge is -2.19. The molecule has 0 fully saturated rings. The third kappa shape index (κ3) is 4.14. The summed E-state index contributed by atoms with van der Waals surface area (Å²) in [5.74, 6) is 2.62. The van der Waals surface area contributed by atoms with Crippen LogP contribution in [0.25, 0.3) is 0 Å². The van der Waals surface area contributed by atoms with E-state index in [0.29, 0.717) is 4.47 Å². The highest BCUT2D eigenvalue weighted by Gasteiger charge is 2.21. The predicted octanol–water partition coefficient (Wildman–Crippen LogP) is 3.47. The van der Waals surface area contributed by atoms with Crippen LogP contribution in [-0.2, 0) is 11.2 Å². The molecule has 0 spiro atoms. The second-order valence-corrected chi connectivity index (χ2v) is 6.88. The van der Waals surface area contributed by atoms with Gasteiger partial charge in [0.25, 0.3) is 5.56 Å². The van der Waals surface area contributed by atoms with Crippen LogP contribution in [0, 0.1) is 0 Å². The topological polar surface area (TPSA) is 45.8 Å². The minimum absolute atomic E-state index is 0.0861. The van der Waals surface area contributed by atoms with E-state index >= 15 is 0 Å². The molecule has 5 heteroatoms. The van der Waals surface area contributed by atoms with Crippen molar-refractivity contribution in [1.29, 1.82) is 0 Å². The largest absolute Gasteiger partial charge is 0.309 e. The number of H-pyrrole nitrogens is 1. The first-order valence-corrected chi connectivity index (χ1v) is 7.68. The summed E-state index contributed by atoms with van der Waals surface area (Å²) in [6.07, 6.45) is 1.14. The van der Waals surface area contributed by atoms with Gasteiger partial charge in [0, 0.05) is 5.41 Å². The van der Waals surface area contributed by atoms with Gasteiger partial charge < -0.3 is 4.98 Å². The molecule has 0 bridgehead atoms. The van der Waals surface area contributed by atoms with Gasteiger partial charge in [-0.3, -0.25) is 4.79 Å². The molecule has 1 rings (SSSR count). The molecule has 1 aromatic heterocycles. The zero-order valence-corrected chi connectivity index (χ0v) is 13.2. The fraction of sp³-hybridized carbons (Fsp3) is 0.667. The van der Waals surface area contributed by atoms with Crippen molar-refractivity contribution < 1.29 is 0 Å². The lowest BCUT2D eigenvalue weighted by Crippen LogP contribution is -2.23. The van der Waals surface area contributed by atoms with Crippen molar-refractivity contribution in [3.63, 3.8) is 0 Å². The summed E-state index contributed by atoms with van der Waals surface area (Å²) < 4.78 is 0.550. The first kappa shape index (κ1) is 14.8. The monoisotopic (exact) mass is 318 g/mol. The molecule has 0 aliphatic rings. The van der Waals surface area contributed by atoms with Crippen molar-refractivity contribution in [3.05, 3.63) is 26.3 Å². The van der Waals surface area contributed by atoms with E-state index in [4.69, 9.17) is 0 Å². The SMILES string of the molecule is CCCSCc1nc(C(C)(C)C)c(Br)c(=O)[nH]1.